The van der Waals surface area contributed by atoms with E-state index in [0.717, 1.165) is 72.4 Å². The fourth-order valence-corrected chi connectivity index (χ4v) is 9.09. The lowest BCUT2D eigenvalue weighted by atomic mass is 9.93. The molecule has 0 fully saturated rings. The molecule has 12 aromatic rings. The minimum atomic E-state index is 0.701. The molecule has 0 N–H and O–H groups in total. The van der Waals surface area contributed by atoms with Gasteiger partial charge in [-0.25, -0.2) is 15.0 Å². The monoisotopic (exact) mass is 776 g/mol. The normalized spacial score (nSPS) is 11.6. The molecule has 9 aromatic carbocycles. The van der Waals surface area contributed by atoms with Crippen LogP contribution in [0, 0.1) is 0 Å². The number of rotatable bonds is 6. The molecular weight excluding hydrogens is 741 g/mol. The maximum Gasteiger partial charge on any atom is 0.160 e. The topological polar surface area (TPSA) is 43.6 Å². The van der Waals surface area contributed by atoms with Gasteiger partial charge < -0.3 is 4.57 Å². The van der Waals surface area contributed by atoms with E-state index in [1.807, 2.05) is 36.4 Å². The molecule has 0 spiro atoms. The van der Waals surface area contributed by atoms with Crippen LogP contribution < -0.4 is 0 Å². The molecule has 0 saturated carbocycles. The van der Waals surface area contributed by atoms with Crippen molar-refractivity contribution < 1.29 is 0 Å². The number of hydrogen-bond donors (Lipinski definition) is 0. The summed E-state index contributed by atoms with van der Waals surface area (Å²) < 4.78 is 2.44. The molecule has 4 heteroatoms. The smallest absolute Gasteiger partial charge is 0.160 e. The molecule has 0 amide bonds. The van der Waals surface area contributed by atoms with E-state index in [1.54, 1.807) is 0 Å². The van der Waals surface area contributed by atoms with Gasteiger partial charge in [0.25, 0.3) is 0 Å². The predicted molar refractivity (Wildman–Crippen MR) is 254 cm³/mol. The molecule has 0 atom stereocenters. The first kappa shape index (κ1) is 34.8. The Bertz CT molecular complexity index is 3560. The number of fused-ring (bicyclic) bond motifs is 8. The standard InChI is InChI=1S/C57H36N4/c1-4-16-39(17-5-1)50-36-51(59-57(58-50)41-18-6-2-7-19-41)40-30-28-38(29-31-40)45-24-14-25-48-53-49(54(60-55(45)48)43-32-27-37-15-10-11-20-42(37)35-43)34-33-47-46-23-12-13-26-52(46)61(56(47)53)44-21-8-3-9-22-44/h1-36H. The van der Waals surface area contributed by atoms with Crippen LogP contribution in [0.25, 0.3) is 116 Å². The molecule has 0 aliphatic heterocycles. The molecule has 0 aliphatic carbocycles. The summed E-state index contributed by atoms with van der Waals surface area (Å²) in [5, 5.41) is 8.26. The van der Waals surface area contributed by atoms with Crippen molar-refractivity contribution in [2.24, 2.45) is 0 Å². The van der Waals surface area contributed by atoms with Crippen molar-refractivity contribution >= 4 is 54.3 Å². The lowest BCUT2D eigenvalue weighted by molar-refractivity contribution is 1.18. The second-order valence-electron chi connectivity index (χ2n) is 15.6. The van der Waals surface area contributed by atoms with E-state index in [-0.39, 0.29) is 0 Å². The summed E-state index contributed by atoms with van der Waals surface area (Å²) in [5.41, 5.74) is 13.5. The van der Waals surface area contributed by atoms with Crippen LogP contribution in [0.15, 0.2) is 218 Å². The van der Waals surface area contributed by atoms with Crippen LogP contribution >= 0.6 is 0 Å². The molecule has 12 rings (SSSR count). The van der Waals surface area contributed by atoms with Gasteiger partial charge in [0.2, 0.25) is 0 Å². The number of aromatic nitrogens is 4. The van der Waals surface area contributed by atoms with Crippen LogP contribution in [0.5, 0.6) is 0 Å². The van der Waals surface area contributed by atoms with Gasteiger partial charge in [-0.2, -0.15) is 0 Å². The summed E-state index contributed by atoms with van der Waals surface area (Å²) in [5.74, 6) is 0.701. The van der Waals surface area contributed by atoms with E-state index in [0.29, 0.717) is 5.82 Å². The summed E-state index contributed by atoms with van der Waals surface area (Å²) in [6.45, 7) is 0. The van der Waals surface area contributed by atoms with Crippen LogP contribution in [-0.4, -0.2) is 19.5 Å². The van der Waals surface area contributed by atoms with Gasteiger partial charge in [0.15, 0.2) is 5.82 Å². The molecule has 61 heavy (non-hydrogen) atoms. The maximum atomic E-state index is 5.66. The van der Waals surface area contributed by atoms with Gasteiger partial charge in [0.05, 0.1) is 33.6 Å². The largest absolute Gasteiger partial charge is 0.309 e. The molecule has 0 saturated heterocycles. The van der Waals surface area contributed by atoms with E-state index >= 15 is 0 Å². The fourth-order valence-electron chi connectivity index (χ4n) is 9.09. The fraction of sp³-hybridized carbons (Fsp3) is 0. The SMILES string of the molecule is c1ccc(-c2cc(-c3ccc(-c4cccc5c4nc(-c4ccc6ccccc6c4)c4ccc6c7ccccc7n(-c7ccccc7)c6c45)cc3)nc(-c3ccccc3)n2)cc1. The number of benzene rings is 9. The van der Waals surface area contributed by atoms with Gasteiger partial charge in [0.1, 0.15) is 0 Å². The summed E-state index contributed by atoms with van der Waals surface area (Å²) in [6, 6.07) is 77.4. The molecule has 0 bridgehead atoms. The Morgan fingerprint density at radius 2 is 0.934 bits per heavy atom. The third-order valence-electron chi connectivity index (χ3n) is 12.0. The number of hydrogen-bond acceptors (Lipinski definition) is 3. The van der Waals surface area contributed by atoms with Crippen molar-refractivity contribution in [3.63, 3.8) is 0 Å². The zero-order valence-electron chi connectivity index (χ0n) is 33.1. The Balaban J connectivity index is 1.10. The highest BCUT2D eigenvalue weighted by molar-refractivity contribution is 6.28. The predicted octanol–water partition coefficient (Wildman–Crippen LogP) is 14.8. The van der Waals surface area contributed by atoms with Gasteiger partial charge in [-0.1, -0.05) is 188 Å². The zero-order chi connectivity index (χ0) is 40.3. The molecule has 0 aliphatic rings. The second-order valence-corrected chi connectivity index (χ2v) is 15.6. The highest BCUT2D eigenvalue weighted by Gasteiger charge is 2.21. The summed E-state index contributed by atoms with van der Waals surface area (Å²) in [6.07, 6.45) is 0. The number of nitrogens with zero attached hydrogens (tertiary/aromatic N) is 4. The van der Waals surface area contributed by atoms with E-state index in [9.17, 15) is 0 Å². The molecule has 284 valence electrons. The second kappa shape index (κ2) is 14.3. The Morgan fingerprint density at radius 3 is 1.70 bits per heavy atom. The van der Waals surface area contributed by atoms with Crippen molar-refractivity contribution in [2.45, 2.75) is 0 Å². The minimum Gasteiger partial charge on any atom is -0.309 e. The molecule has 0 radical (unpaired) electrons. The quantitative estimate of drug-likeness (QED) is 0.158. The highest BCUT2D eigenvalue weighted by Crippen LogP contribution is 2.44. The summed E-state index contributed by atoms with van der Waals surface area (Å²) in [4.78, 5) is 15.8. The van der Waals surface area contributed by atoms with Crippen molar-refractivity contribution in [3.8, 4) is 62.0 Å². The molecule has 3 heterocycles. The van der Waals surface area contributed by atoms with Crippen LogP contribution in [0.1, 0.15) is 0 Å². The van der Waals surface area contributed by atoms with Crippen LogP contribution in [0.2, 0.25) is 0 Å². The summed E-state index contributed by atoms with van der Waals surface area (Å²) in [7, 11) is 0. The average molecular weight is 777 g/mol. The first-order valence-electron chi connectivity index (χ1n) is 20.7. The van der Waals surface area contributed by atoms with Crippen molar-refractivity contribution in [3.05, 3.63) is 218 Å². The van der Waals surface area contributed by atoms with Crippen LogP contribution in [-0.2, 0) is 0 Å². The Hall–Kier alpha value is -8.21. The van der Waals surface area contributed by atoms with E-state index in [2.05, 4.69) is 187 Å². The number of para-hydroxylation sites is 3. The Morgan fingerprint density at radius 1 is 0.344 bits per heavy atom. The highest BCUT2D eigenvalue weighted by atomic mass is 15.0. The average Bonchev–Trinajstić information content (AvgIpc) is 3.68. The molecular formula is C57H36N4. The zero-order valence-corrected chi connectivity index (χ0v) is 33.1. The van der Waals surface area contributed by atoms with Crippen molar-refractivity contribution in [2.75, 3.05) is 0 Å². The van der Waals surface area contributed by atoms with Crippen LogP contribution in [0.4, 0.5) is 0 Å². The van der Waals surface area contributed by atoms with Crippen molar-refractivity contribution in [1.29, 1.82) is 0 Å². The third-order valence-corrected chi connectivity index (χ3v) is 12.0. The Kier molecular flexibility index (Phi) is 8.13. The third kappa shape index (κ3) is 5.88. The van der Waals surface area contributed by atoms with Gasteiger partial charge in [-0.3, -0.25) is 0 Å². The van der Waals surface area contributed by atoms with Gasteiger partial charge in [-0.05, 0) is 46.7 Å². The van der Waals surface area contributed by atoms with Gasteiger partial charge >= 0.3 is 0 Å². The maximum absolute atomic E-state index is 5.66. The molecule has 4 nitrogen and oxygen atoms in total. The Labute approximate surface area is 352 Å². The first-order valence-corrected chi connectivity index (χ1v) is 20.7. The molecule has 3 aromatic heterocycles. The number of pyridine rings is 1. The molecule has 0 unspecified atom stereocenters. The van der Waals surface area contributed by atoms with Gasteiger partial charge in [0, 0.05) is 60.4 Å². The summed E-state index contributed by atoms with van der Waals surface area (Å²) >= 11 is 0. The van der Waals surface area contributed by atoms with E-state index in [1.165, 1.54) is 38.0 Å². The van der Waals surface area contributed by atoms with Crippen molar-refractivity contribution in [1.82, 2.24) is 19.5 Å². The van der Waals surface area contributed by atoms with Gasteiger partial charge in [-0.15, -0.1) is 0 Å². The lowest BCUT2D eigenvalue weighted by Crippen LogP contribution is -1.97. The van der Waals surface area contributed by atoms with Crippen LogP contribution in [0.3, 0.4) is 0 Å². The first-order chi connectivity index (χ1) is 30.2. The van der Waals surface area contributed by atoms with E-state index in [4.69, 9.17) is 15.0 Å². The minimum absolute atomic E-state index is 0.701. The lowest BCUT2D eigenvalue weighted by Gasteiger charge is -2.16. The van der Waals surface area contributed by atoms with E-state index < -0.39 is 0 Å².